The summed E-state index contributed by atoms with van der Waals surface area (Å²) in [6, 6.07) is 12.5. The summed E-state index contributed by atoms with van der Waals surface area (Å²) in [5.74, 6) is -0.546. The maximum Gasteiger partial charge on any atom is 0.356 e. The van der Waals surface area contributed by atoms with Crippen LogP contribution in [0.15, 0.2) is 48.5 Å². The highest BCUT2D eigenvalue weighted by atomic mass is 31.2. The van der Waals surface area contributed by atoms with Crippen LogP contribution in [-0.4, -0.2) is 15.7 Å². The summed E-state index contributed by atoms with van der Waals surface area (Å²) >= 11 is 0. The monoisotopic (exact) mass is 277 g/mol. The van der Waals surface area contributed by atoms with Crippen molar-refractivity contribution in [2.45, 2.75) is 0 Å². The fraction of sp³-hybridized carbons (Fsp3) is 0. The Kier molecular flexibility index (Phi) is 3.53. The fourth-order valence-corrected chi connectivity index (χ4v) is 2.58. The quantitative estimate of drug-likeness (QED) is 0.735. The summed E-state index contributed by atoms with van der Waals surface area (Å²) in [7, 11) is -4.34. The summed E-state index contributed by atoms with van der Waals surface area (Å²) in [6.45, 7) is 0. The Hall–Kier alpha value is -1.94. The van der Waals surface area contributed by atoms with Crippen LogP contribution in [0.4, 0.5) is 0 Å². The number of primary amides is 1. The molecule has 0 saturated heterocycles. The van der Waals surface area contributed by atoms with Crippen molar-refractivity contribution >= 4 is 18.8 Å². The number of nitrogens with two attached hydrogens (primary N) is 1. The molecule has 0 unspecified atom stereocenters. The molecule has 6 heteroatoms. The molecule has 4 N–H and O–H groups in total. The number of carbonyl (C=O) groups is 1. The van der Waals surface area contributed by atoms with Crippen molar-refractivity contribution in [3.8, 4) is 11.1 Å². The summed E-state index contributed by atoms with van der Waals surface area (Å²) in [5, 5.41) is -0.0400. The molecule has 2 aromatic carbocycles. The van der Waals surface area contributed by atoms with Gasteiger partial charge in [-0.3, -0.25) is 9.36 Å². The first kappa shape index (κ1) is 13.5. The molecule has 0 aliphatic carbocycles. The van der Waals surface area contributed by atoms with Gasteiger partial charge in [0.05, 0.1) is 5.30 Å². The Balaban J connectivity index is 2.54. The number of carbonyl (C=O) groups excluding carboxylic acids is 1. The van der Waals surface area contributed by atoms with Crippen LogP contribution in [-0.2, 0) is 4.57 Å². The lowest BCUT2D eigenvalue weighted by Gasteiger charge is -2.11. The second-order valence-electron chi connectivity index (χ2n) is 4.00. The van der Waals surface area contributed by atoms with Crippen molar-refractivity contribution in [3.63, 3.8) is 0 Å². The molecule has 0 spiro atoms. The van der Waals surface area contributed by atoms with E-state index in [0.29, 0.717) is 16.7 Å². The van der Waals surface area contributed by atoms with E-state index in [1.165, 1.54) is 18.2 Å². The molecule has 0 heterocycles. The maximum absolute atomic E-state index is 11.4. The number of rotatable bonds is 3. The highest BCUT2D eigenvalue weighted by molar-refractivity contribution is 7.60. The van der Waals surface area contributed by atoms with Crippen LogP contribution in [0.2, 0.25) is 0 Å². The molecular formula is C13H12NO4P. The molecule has 0 aliphatic rings. The number of benzene rings is 2. The van der Waals surface area contributed by atoms with E-state index in [4.69, 9.17) is 5.73 Å². The fourth-order valence-electron chi connectivity index (χ4n) is 1.79. The van der Waals surface area contributed by atoms with Gasteiger partial charge in [0.2, 0.25) is 5.91 Å². The van der Waals surface area contributed by atoms with E-state index in [0.717, 1.165) is 0 Å². The lowest BCUT2D eigenvalue weighted by molar-refractivity contribution is 0.100. The molecule has 0 aromatic heterocycles. The van der Waals surface area contributed by atoms with Gasteiger partial charge >= 0.3 is 7.60 Å². The molecule has 0 fully saturated rings. The van der Waals surface area contributed by atoms with Gasteiger partial charge in [-0.15, -0.1) is 0 Å². The van der Waals surface area contributed by atoms with E-state index in [-0.39, 0.29) is 5.30 Å². The Morgan fingerprint density at radius 2 is 1.58 bits per heavy atom. The van der Waals surface area contributed by atoms with E-state index < -0.39 is 13.5 Å². The lowest BCUT2D eigenvalue weighted by atomic mass is 10.0. The van der Waals surface area contributed by atoms with E-state index >= 15 is 0 Å². The van der Waals surface area contributed by atoms with Gasteiger partial charge in [0.1, 0.15) is 0 Å². The number of hydrogen-bond donors (Lipinski definition) is 3. The van der Waals surface area contributed by atoms with Crippen LogP contribution in [0.1, 0.15) is 10.4 Å². The van der Waals surface area contributed by atoms with Crippen molar-refractivity contribution in [1.82, 2.24) is 0 Å². The van der Waals surface area contributed by atoms with Crippen LogP contribution in [0.3, 0.4) is 0 Å². The van der Waals surface area contributed by atoms with Gasteiger partial charge < -0.3 is 15.5 Å². The molecular weight excluding hydrogens is 265 g/mol. The van der Waals surface area contributed by atoms with Gasteiger partial charge in [-0.05, 0) is 29.3 Å². The second kappa shape index (κ2) is 4.97. The van der Waals surface area contributed by atoms with Gasteiger partial charge in [0, 0.05) is 5.56 Å². The van der Waals surface area contributed by atoms with Gasteiger partial charge in [0.25, 0.3) is 0 Å². The molecule has 98 valence electrons. The van der Waals surface area contributed by atoms with Crippen LogP contribution in [0, 0.1) is 0 Å². The highest BCUT2D eigenvalue weighted by Gasteiger charge is 2.21. The average Bonchev–Trinajstić information content (AvgIpc) is 2.38. The summed E-state index contributed by atoms with van der Waals surface area (Å²) in [5.41, 5.74) is 6.53. The minimum atomic E-state index is -4.34. The molecule has 1 amide bonds. The van der Waals surface area contributed by atoms with E-state index in [2.05, 4.69) is 0 Å². The zero-order valence-corrected chi connectivity index (χ0v) is 10.7. The van der Waals surface area contributed by atoms with E-state index in [1.807, 2.05) is 0 Å². The van der Waals surface area contributed by atoms with E-state index in [9.17, 15) is 19.1 Å². The van der Waals surface area contributed by atoms with Crippen molar-refractivity contribution < 1.29 is 19.1 Å². The second-order valence-corrected chi connectivity index (χ2v) is 5.57. The predicted molar refractivity (Wildman–Crippen MR) is 72.1 cm³/mol. The van der Waals surface area contributed by atoms with Crippen LogP contribution >= 0.6 is 7.60 Å². The third-order valence-corrected chi connectivity index (χ3v) is 3.72. The summed E-state index contributed by atoms with van der Waals surface area (Å²) in [6.07, 6.45) is 0. The minimum absolute atomic E-state index is 0.0400. The first-order chi connectivity index (χ1) is 8.89. The first-order valence-corrected chi connectivity index (χ1v) is 7.06. The SMILES string of the molecule is NC(=O)c1ccc(-c2ccccc2P(=O)(O)O)cc1. The molecule has 19 heavy (non-hydrogen) atoms. The molecule has 0 radical (unpaired) electrons. The van der Waals surface area contributed by atoms with Gasteiger partial charge in [0.15, 0.2) is 0 Å². The lowest BCUT2D eigenvalue weighted by Crippen LogP contribution is -2.11. The van der Waals surface area contributed by atoms with Crippen LogP contribution < -0.4 is 11.0 Å². The molecule has 0 bridgehead atoms. The molecule has 0 atom stereocenters. The van der Waals surface area contributed by atoms with Crippen molar-refractivity contribution in [1.29, 1.82) is 0 Å². The third kappa shape index (κ3) is 2.90. The predicted octanol–water partition coefficient (Wildman–Crippen LogP) is 1.26. The highest BCUT2D eigenvalue weighted by Crippen LogP contribution is 2.37. The Bertz CT molecular complexity index is 661. The third-order valence-electron chi connectivity index (χ3n) is 2.70. The molecule has 0 saturated carbocycles. The normalized spacial score (nSPS) is 11.3. The maximum atomic E-state index is 11.4. The first-order valence-electron chi connectivity index (χ1n) is 5.45. The average molecular weight is 277 g/mol. The van der Waals surface area contributed by atoms with Crippen molar-refractivity contribution in [2.75, 3.05) is 0 Å². The largest absolute Gasteiger partial charge is 0.366 e. The standard InChI is InChI=1S/C13H12NO4P/c14-13(15)10-7-5-9(6-8-10)11-3-1-2-4-12(11)19(16,17)18/h1-8H,(H2,14,15)(H2,16,17,18). The Morgan fingerprint density at radius 1 is 1.00 bits per heavy atom. The Labute approximate surface area is 109 Å². The van der Waals surface area contributed by atoms with Gasteiger partial charge in [-0.25, -0.2) is 0 Å². The topological polar surface area (TPSA) is 101 Å². The Morgan fingerprint density at radius 3 is 2.11 bits per heavy atom. The zero-order chi connectivity index (χ0) is 14.0. The molecule has 2 rings (SSSR count). The van der Waals surface area contributed by atoms with E-state index in [1.54, 1.807) is 30.3 Å². The molecule has 0 aliphatic heterocycles. The van der Waals surface area contributed by atoms with Crippen LogP contribution in [0.25, 0.3) is 11.1 Å². The summed E-state index contributed by atoms with van der Waals surface area (Å²) < 4.78 is 11.4. The number of hydrogen-bond acceptors (Lipinski definition) is 2. The van der Waals surface area contributed by atoms with Gasteiger partial charge in [-0.1, -0.05) is 30.3 Å². The van der Waals surface area contributed by atoms with Gasteiger partial charge in [-0.2, -0.15) is 0 Å². The van der Waals surface area contributed by atoms with Crippen molar-refractivity contribution in [2.24, 2.45) is 5.73 Å². The van der Waals surface area contributed by atoms with Crippen LogP contribution in [0.5, 0.6) is 0 Å². The van der Waals surface area contributed by atoms with Crippen molar-refractivity contribution in [3.05, 3.63) is 54.1 Å². The zero-order valence-electron chi connectivity index (χ0n) is 9.85. The molecule has 5 nitrogen and oxygen atoms in total. The number of amides is 1. The molecule has 2 aromatic rings. The summed E-state index contributed by atoms with van der Waals surface area (Å²) in [4.78, 5) is 29.6. The minimum Gasteiger partial charge on any atom is -0.366 e. The smallest absolute Gasteiger partial charge is 0.356 e.